The molecule has 0 amide bonds. The summed E-state index contributed by atoms with van der Waals surface area (Å²) in [6.45, 7) is 4.33. The third-order valence-electron chi connectivity index (χ3n) is 5.12. The van der Waals surface area contributed by atoms with Crippen molar-refractivity contribution in [1.82, 2.24) is 0 Å². The Morgan fingerprint density at radius 2 is 1.93 bits per heavy atom. The largest absolute Gasteiger partial charge is 0.477 e. The molecule has 0 radical (unpaired) electrons. The van der Waals surface area contributed by atoms with E-state index in [2.05, 4.69) is 12.0 Å². The number of carbonyl (C=O) groups is 1. The number of rotatable bonds is 7. The van der Waals surface area contributed by atoms with Gasteiger partial charge in [0.15, 0.2) is 0 Å². The van der Waals surface area contributed by atoms with Gasteiger partial charge in [-0.3, -0.25) is 4.57 Å². The molecule has 1 aromatic heterocycles. The van der Waals surface area contributed by atoms with Crippen LogP contribution in [0.1, 0.15) is 49.2 Å². The molecule has 2 aromatic rings. The maximum atomic E-state index is 13.7. The van der Waals surface area contributed by atoms with Crippen molar-refractivity contribution < 1.29 is 19.0 Å². The Kier molecular flexibility index (Phi) is 6.87. The number of anilines is 1. The van der Waals surface area contributed by atoms with Crippen molar-refractivity contribution in [2.75, 3.05) is 11.7 Å². The molecule has 0 spiro atoms. The summed E-state index contributed by atoms with van der Waals surface area (Å²) in [5, 5.41) is 13.3. The predicted octanol–water partition coefficient (Wildman–Crippen LogP) is 6.99. The lowest BCUT2D eigenvalue weighted by molar-refractivity contribution is 0.0703. The van der Waals surface area contributed by atoms with Crippen LogP contribution in [0.3, 0.4) is 0 Å². The van der Waals surface area contributed by atoms with Gasteiger partial charge in [-0.2, -0.15) is 0 Å². The highest BCUT2D eigenvalue weighted by atomic mass is 35.5. The van der Waals surface area contributed by atoms with Crippen molar-refractivity contribution in [1.29, 1.82) is 0 Å². The molecule has 1 saturated carbocycles. The molecule has 152 valence electrons. The first-order valence-electron chi connectivity index (χ1n) is 9.48. The van der Waals surface area contributed by atoms with E-state index in [0.717, 1.165) is 47.5 Å². The minimum Gasteiger partial charge on any atom is -0.477 e. The van der Waals surface area contributed by atoms with Crippen molar-refractivity contribution in [2.24, 2.45) is 5.92 Å². The second-order valence-electron chi connectivity index (χ2n) is 7.21. The Bertz CT molecular complexity index is 875. The monoisotopic (exact) mass is 441 g/mol. The Labute approximate surface area is 174 Å². The zero-order valence-corrected chi connectivity index (χ0v) is 18.4. The maximum absolute atomic E-state index is 13.7. The van der Waals surface area contributed by atoms with Crippen molar-refractivity contribution in [3.63, 3.8) is 0 Å². The summed E-state index contributed by atoms with van der Waals surface area (Å²) in [4.78, 5) is 12.7. The fourth-order valence-electron chi connectivity index (χ4n) is 3.56. The lowest BCUT2D eigenvalue weighted by atomic mass is 9.91. The molecule has 8 heteroatoms. The zero-order valence-electron chi connectivity index (χ0n) is 16.0. The van der Waals surface area contributed by atoms with Crippen LogP contribution in [-0.2, 0) is 9.09 Å². The minimum absolute atomic E-state index is 0.0934. The number of hydrogen-bond acceptors (Lipinski definition) is 4. The molecular formula is C20H25ClNO4PS. The lowest BCUT2D eigenvalue weighted by Crippen LogP contribution is -2.22. The Morgan fingerprint density at radius 3 is 2.50 bits per heavy atom. The Balaban J connectivity index is 1.93. The fraction of sp³-hybridized carbons (Fsp3) is 0.450. The molecule has 1 aliphatic carbocycles. The summed E-state index contributed by atoms with van der Waals surface area (Å²) < 4.78 is 19.4. The molecule has 0 saturated heterocycles. The standard InChI is InChI=1S/C20H25ClNO4PS/c1-3-26-27(25,16-10-4-13(2)5-11-16)22-17-12-18(28-19(17)20(23)24)14-6-8-15(21)9-7-14/h6-9,12-13,16H,3-5,10-11H2,1-2H3,(H,22,25)(H,23,24). The van der Waals surface area contributed by atoms with E-state index in [1.165, 1.54) is 0 Å². The Hall–Kier alpha value is -1.33. The third kappa shape index (κ3) is 4.80. The van der Waals surface area contributed by atoms with E-state index in [-0.39, 0.29) is 10.5 Å². The molecule has 1 fully saturated rings. The molecule has 2 N–H and O–H groups in total. The van der Waals surface area contributed by atoms with Crippen LogP contribution in [0.15, 0.2) is 30.3 Å². The highest BCUT2D eigenvalue weighted by molar-refractivity contribution is 7.61. The van der Waals surface area contributed by atoms with Crippen molar-refractivity contribution in [3.05, 3.63) is 40.2 Å². The molecule has 28 heavy (non-hydrogen) atoms. The molecule has 0 aliphatic heterocycles. The number of benzene rings is 1. The maximum Gasteiger partial charge on any atom is 0.348 e. The first-order valence-corrected chi connectivity index (χ1v) is 12.4. The normalized spacial score (nSPS) is 21.8. The summed E-state index contributed by atoms with van der Waals surface area (Å²) in [5.74, 6) is -0.424. The number of nitrogens with one attached hydrogen (secondary N) is 1. The van der Waals surface area contributed by atoms with Crippen LogP contribution in [0.25, 0.3) is 10.4 Å². The molecule has 0 bridgehead atoms. The first-order chi connectivity index (χ1) is 13.3. The van der Waals surface area contributed by atoms with Crippen molar-refractivity contribution in [3.8, 4) is 10.4 Å². The van der Waals surface area contributed by atoms with Gasteiger partial charge in [-0.15, -0.1) is 11.3 Å². The predicted molar refractivity (Wildman–Crippen MR) is 116 cm³/mol. The van der Waals surface area contributed by atoms with Gasteiger partial charge >= 0.3 is 5.97 Å². The molecular weight excluding hydrogens is 417 g/mol. The van der Waals surface area contributed by atoms with Crippen LogP contribution in [-0.4, -0.2) is 23.3 Å². The van der Waals surface area contributed by atoms with Gasteiger partial charge in [-0.05, 0) is 62.3 Å². The van der Waals surface area contributed by atoms with Gasteiger partial charge in [0.2, 0.25) is 0 Å². The van der Waals surface area contributed by atoms with Gasteiger partial charge in [0, 0.05) is 9.90 Å². The van der Waals surface area contributed by atoms with Crippen LogP contribution in [0.2, 0.25) is 5.02 Å². The summed E-state index contributed by atoms with van der Waals surface area (Å²) in [6, 6.07) is 8.95. The average Bonchev–Trinajstić information content (AvgIpc) is 3.06. The smallest absolute Gasteiger partial charge is 0.348 e. The summed E-state index contributed by atoms with van der Waals surface area (Å²) in [6.07, 6.45) is 3.66. The van der Waals surface area contributed by atoms with Crippen molar-refractivity contribution >= 4 is 42.1 Å². The number of halogens is 1. The first kappa shape index (κ1) is 21.4. The lowest BCUT2D eigenvalue weighted by Gasteiger charge is -2.32. The molecule has 1 atom stereocenters. The van der Waals surface area contributed by atoms with Gasteiger partial charge < -0.3 is 14.7 Å². The van der Waals surface area contributed by atoms with Crippen LogP contribution < -0.4 is 5.09 Å². The van der Waals surface area contributed by atoms with Gasteiger partial charge in [0.1, 0.15) is 4.88 Å². The van der Waals surface area contributed by atoms with Gasteiger partial charge in [0.05, 0.1) is 18.0 Å². The van der Waals surface area contributed by atoms with Crippen LogP contribution in [0.4, 0.5) is 5.69 Å². The molecule has 3 rings (SSSR count). The zero-order chi connectivity index (χ0) is 20.3. The van der Waals surface area contributed by atoms with E-state index >= 15 is 0 Å². The summed E-state index contributed by atoms with van der Waals surface area (Å²) >= 11 is 7.10. The van der Waals surface area contributed by atoms with Crippen LogP contribution in [0, 0.1) is 5.92 Å². The second kappa shape index (κ2) is 9.00. The average molecular weight is 442 g/mol. The molecule has 1 aliphatic rings. The van der Waals surface area contributed by atoms with E-state index in [0.29, 0.717) is 23.2 Å². The third-order valence-corrected chi connectivity index (χ3v) is 9.21. The van der Waals surface area contributed by atoms with Gasteiger partial charge in [0.25, 0.3) is 7.52 Å². The summed E-state index contributed by atoms with van der Waals surface area (Å²) in [7, 11) is -3.22. The minimum atomic E-state index is -3.22. The van der Waals surface area contributed by atoms with E-state index in [4.69, 9.17) is 16.1 Å². The highest BCUT2D eigenvalue weighted by Gasteiger charge is 2.37. The molecule has 1 aromatic carbocycles. The topological polar surface area (TPSA) is 75.6 Å². The number of thiophene rings is 1. The van der Waals surface area contributed by atoms with E-state index < -0.39 is 13.5 Å². The van der Waals surface area contributed by atoms with E-state index in [1.807, 2.05) is 19.1 Å². The number of carboxylic acids is 1. The number of hydrogen-bond donors (Lipinski definition) is 2. The number of carboxylic acid groups (broad SMARTS) is 1. The SMILES string of the molecule is CCOP(=O)(Nc1cc(-c2ccc(Cl)cc2)sc1C(=O)O)C1CCC(C)CC1. The summed E-state index contributed by atoms with van der Waals surface area (Å²) in [5.41, 5.74) is 1.13. The van der Waals surface area contributed by atoms with Gasteiger partial charge in [-0.25, -0.2) is 4.79 Å². The van der Waals surface area contributed by atoms with Crippen molar-refractivity contribution in [2.45, 2.75) is 45.2 Å². The number of aromatic carboxylic acids is 1. The highest BCUT2D eigenvalue weighted by Crippen LogP contribution is 2.57. The molecule has 5 nitrogen and oxygen atoms in total. The van der Waals surface area contributed by atoms with Gasteiger partial charge in [-0.1, -0.05) is 30.7 Å². The van der Waals surface area contributed by atoms with E-state index in [9.17, 15) is 14.5 Å². The van der Waals surface area contributed by atoms with E-state index in [1.54, 1.807) is 18.2 Å². The fourth-order valence-corrected chi connectivity index (χ4v) is 7.05. The molecule has 1 heterocycles. The molecule has 1 unspecified atom stereocenters. The Morgan fingerprint density at radius 1 is 1.29 bits per heavy atom. The quantitative estimate of drug-likeness (QED) is 0.453. The van der Waals surface area contributed by atoms with Crippen LogP contribution >= 0.6 is 30.5 Å². The second-order valence-corrected chi connectivity index (χ2v) is 11.1. The van der Waals surface area contributed by atoms with Crippen LogP contribution in [0.5, 0.6) is 0 Å².